The van der Waals surface area contributed by atoms with Crippen LogP contribution in [0.1, 0.15) is 41.3 Å². The molecule has 31 heavy (non-hydrogen) atoms. The number of carbonyl (C=O) groups is 1. The molecule has 1 amide bonds. The van der Waals surface area contributed by atoms with E-state index in [0.29, 0.717) is 11.1 Å². The smallest absolute Gasteiger partial charge is 0.257 e. The van der Waals surface area contributed by atoms with Crippen molar-refractivity contribution in [2.75, 3.05) is 24.7 Å². The van der Waals surface area contributed by atoms with Gasteiger partial charge in [-0.15, -0.1) is 0 Å². The molecule has 0 aliphatic rings. The van der Waals surface area contributed by atoms with Gasteiger partial charge in [-0.1, -0.05) is 32.0 Å². The lowest BCUT2D eigenvalue weighted by Gasteiger charge is -2.19. The van der Waals surface area contributed by atoms with Crippen molar-refractivity contribution in [1.82, 2.24) is 4.90 Å². The van der Waals surface area contributed by atoms with E-state index in [1.165, 1.54) is 23.1 Å². The van der Waals surface area contributed by atoms with Crippen LogP contribution >= 0.6 is 0 Å². The van der Waals surface area contributed by atoms with Gasteiger partial charge in [0.2, 0.25) is 0 Å². The highest BCUT2D eigenvalue weighted by Gasteiger charge is 2.24. The molecule has 0 saturated carbocycles. The van der Waals surface area contributed by atoms with Gasteiger partial charge in [0.15, 0.2) is 5.75 Å². The van der Waals surface area contributed by atoms with E-state index in [2.05, 4.69) is 10.6 Å². The average Bonchev–Trinajstić information content (AvgIpc) is 2.72. The van der Waals surface area contributed by atoms with Gasteiger partial charge in [0, 0.05) is 20.6 Å². The van der Waals surface area contributed by atoms with Crippen LogP contribution in [0, 0.1) is 5.82 Å². The third-order valence-corrected chi connectivity index (χ3v) is 5.02. The number of nitrogens with zero attached hydrogens (tertiary/aromatic N) is 1. The van der Waals surface area contributed by atoms with E-state index >= 15 is 0 Å². The van der Waals surface area contributed by atoms with Gasteiger partial charge in [0.05, 0.1) is 11.3 Å². The Morgan fingerprint density at radius 3 is 2.35 bits per heavy atom. The molecule has 0 bridgehead atoms. The molecule has 0 spiro atoms. The van der Waals surface area contributed by atoms with Crippen LogP contribution in [-0.4, -0.2) is 30.0 Å². The Morgan fingerprint density at radius 1 is 1.06 bits per heavy atom. The number of amides is 1. The molecule has 3 aromatic rings. The molecular formula is C23H24FN3O4. The number of anilines is 3. The third-order valence-electron chi connectivity index (χ3n) is 5.02. The zero-order valence-corrected chi connectivity index (χ0v) is 17.7. The van der Waals surface area contributed by atoms with Crippen molar-refractivity contribution >= 4 is 23.0 Å². The van der Waals surface area contributed by atoms with Gasteiger partial charge in [-0.05, 0) is 35.2 Å². The molecule has 3 N–H and O–H groups in total. The molecule has 0 fully saturated rings. The number of hydrogen-bond acceptors (Lipinski definition) is 6. The second-order valence-corrected chi connectivity index (χ2v) is 7.76. The molecule has 0 aliphatic carbocycles. The maximum atomic E-state index is 14.2. The van der Waals surface area contributed by atoms with E-state index in [1.54, 1.807) is 32.3 Å². The maximum Gasteiger partial charge on any atom is 0.257 e. The van der Waals surface area contributed by atoms with E-state index in [-0.39, 0.29) is 46.7 Å². The fraction of sp³-hybridized carbons (Fsp3) is 0.261. The standard InChI is InChI=1S/C23H24FN3O4/c1-12(2)17-13(7-5-9-15(17)24)11-25-18-19(22(30)21(18)29)26-16-10-6-8-14(20(16)28)23(31)27(3)4/h5-10,12,25-26,28H,11H2,1-4H3. The monoisotopic (exact) mass is 425 g/mol. The lowest BCUT2D eigenvalue weighted by molar-refractivity contribution is 0.0824. The van der Waals surface area contributed by atoms with Gasteiger partial charge in [-0.3, -0.25) is 14.4 Å². The van der Waals surface area contributed by atoms with Crippen molar-refractivity contribution < 1.29 is 14.3 Å². The number of halogens is 1. The number of hydrogen-bond donors (Lipinski definition) is 3. The molecule has 3 aromatic carbocycles. The SMILES string of the molecule is CC(C)c1c(F)cccc1CNc1c(Nc2cccc(C(=O)N(C)C)c2O)c(=O)c1=O. The van der Waals surface area contributed by atoms with Crippen LogP contribution in [0.25, 0.3) is 0 Å². The van der Waals surface area contributed by atoms with Crippen LogP contribution < -0.4 is 21.5 Å². The summed E-state index contributed by atoms with van der Waals surface area (Å²) in [7, 11) is 3.11. The van der Waals surface area contributed by atoms with Crippen molar-refractivity contribution in [3.63, 3.8) is 0 Å². The first-order valence-corrected chi connectivity index (χ1v) is 9.78. The Bertz CT molecular complexity index is 1210. The summed E-state index contributed by atoms with van der Waals surface area (Å²) in [6, 6.07) is 9.23. The molecule has 0 aromatic heterocycles. The largest absolute Gasteiger partial charge is 0.505 e. The Labute approximate surface area is 178 Å². The number of rotatable bonds is 7. The van der Waals surface area contributed by atoms with E-state index in [9.17, 15) is 23.9 Å². The van der Waals surface area contributed by atoms with Gasteiger partial charge in [-0.2, -0.15) is 0 Å². The summed E-state index contributed by atoms with van der Waals surface area (Å²) in [6.07, 6.45) is 0. The lowest BCUT2D eigenvalue weighted by Crippen LogP contribution is -2.36. The lowest BCUT2D eigenvalue weighted by atomic mass is 9.96. The molecule has 0 atom stereocenters. The van der Waals surface area contributed by atoms with Crippen LogP contribution in [-0.2, 0) is 6.54 Å². The molecule has 0 unspecified atom stereocenters. The van der Waals surface area contributed by atoms with Gasteiger partial charge in [0.1, 0.15) is 17.2 Å². The van der Waals surface area contributed by atoms with Gasteiger partial charge >= 0.3 is 0 Å². The summed E-state index contributed by atoms with van der Waals surface area (Å²) in [4.78, 5) is 37.8. The van der Waals surface area contributed by atoms with Gasteiger partial charge in [0.25, 0.3) is 16.8 Å². The summed E-state index contributed by atoms with van der Waals surface area (Å²) < 4.78 is 14.2. The van der Waals surface area contributed by atoms with E-state index < -0.39 is 16.8 Å². The van der Waals surface area contributed by atoms with Crippen LogP contribution in [0.3, 0.4) is 0 Å². The van der Waals surface area contributed by atoms with Crippen LogP contribution in [0.5, 0.6) is 5.75 Å². The fourth-order valence-electron chi connectivity index (χ4n) is 3.44. The molecule has 8 heteroatoms. The normalized spacial score (nSPS) is 11.0. The zero-order chi connectivity index (χ0) is 22.9. The minimum Gasteiger partial charge on any atom is -0.505 e. The van der Waals surface area contributed by atoms with Crippen molar-refractivity contribution in [3.8, 4) is 5.75 Å². The molecule has 0 radical (unpaired) electrons. The Balaban J connectivity index is 1.87. The quantitative estimate of drug-likeness (QED) is 0.397. The Hall–Kier alpha value is -3.68. The van der Waals surface area contributed by atoms with Crippen LogP contribution in [0.15, 0.2) is 46.0 Å². The van der Waals surface area contributed by atoms with Crippen molar-refractivity contribution in [2.24, 2.45) is 0 Å². The number of phenolic OH excluding ortho intramolecular Hbond substituents is 1. The van der Waals surface area contributed by atoms with Crippen LogP contribution in [0.4, 0.5) is 21.5 Å². The third kappa shape index (κ3) is 4.14. The highest BCUT2D eigenvalue weighted by Crippen LogP contribution is 2.32. The second kappa shape index (κ2) is 8.59. The summed E-state index contributed by atoms with van der Waals surface area (Å²) in [5.41, 5.74) is -0.0169. The van der Waals surface area contributed by atoms with E-state index in [4.69, 9.17) is 0 Å². The average molecular weight is 425 g/mol. The molecule has 0 aliphatic heterocycles. The van der Waals surface area contributed by atoms with Gasteiger partial charge < -0.3 is 20.6 Å². The number of aromatic hydroxyl groups is 1. The molecule has 3 rings (SSSR count). The minimum absolute atomic E-state index is 0.0164. The Kier molecular flexibility index (Phi) is 6.10. The summed E-state index contributed by atoms with van der Waals surface area (Å²) in [6.45, 7) is 3.89. The first-order chi connectivity index (χ1) is 14.6. The highest BCUT2D eigenvalue weighted by atomic mass is 19.1. The molecular weight excluding hydrogens is 401 g/mol. The molecule has 0 saturated heterocycles. The highest BCUT2D eigenvalue weighted by molar-refractivity contribution is 5.99. The summed E-state index contributed by atoms with van der Waals surface area (Å²) in [5, 5.41) is 16.1. The fourth-order valence-corrected chi connectivity index (χ4v) is 3.44. The number of para-hydroxylation sites is 1. The second-order valence-electron chi connectivity index (χ2n) is 7.76. The molecule has 7 nitrogen and oxygen atoms in total. The van der Waals surface area contributed by atoms with Crippen molar-refractivity contribution in [3.05, 3.63) is 79.4 Å². The predicted octanol–water partition coefficient (Wildman–Crippen LogP) is 3.31. The van der Waals surface area contributed by atoms with E-state index in [1.807, 2.05) is 13.8 Å². The number of phenols is 1. The van der Waals surface area contributed by atoms with E-state index in [0.717, 1.165) is 0 Å². The van der Waals surface area contributed by atoms with Gasteiger partial charge in [-0.25, -0.2) is 4.39 Å². The van der Waals surface area contributed by atoms with Crippen molar-refractivity contribution in [1.29, 1.82) is 0 Å². The van der Waals surface area contributed by atoms with Crippen molar-refractivity contribution in [2.45, 2.75) is 26.3 Å². The number of nitrogens with one attached hydrogen (secondary N) is 2. The zero-order valence-electron chi connectivity index (χ0n) is 17.7. The topological polar surface area (TPSA) is 98.7 Å². The Morgan fingerprint density at radius 2 is 1.71 bits per heavy atom. The number of benzene rings is 2. The number of carbonyl (C=O) groups excluding carboxylic acids is 1. The minimum atomic E-state index is -0.741. The first kappa shape index (κ1) is 22.0. The summed E-state index contributed by atoms with van der Waals surface area (Å²) in [5.74, 6) is -1.12. The maximum absolute atomic E-state index is 14.2. The molecule has 0 heterocycles. The van der Waals surface area contributed by atoms with Crippen LogP contribution in [0.2, 0.25) is 0 Å². The predicted molar refractivity (Wildman–Crippen MR) is 119 cm³/mol. The first-order valence-electron chi connectivity index (χ1n) is 9.78. The molecule has 162 valence electrons. The summed E-state index contributed by atoms with van der Waals surface area (Å²) >= 11 is 0.